The molecule has 0 bridgehead atoms. The van der Waals surface area contributed by atoms with Crippen LogP contribution in [0.2, 0.25) is 0 Å². The van der Waals surface area contributed by atoms with Gasteiger partial charge < -0.3 is 10.0 Å². The minimum absolute atomic E-state index is 0.130. The lowest BCUT2D eigenvalue weighted by Crippen LogP contribution is -2.26. The van der Waals surface area contributed by atoms with E-state index in [1.165, 1.54) is 0 Å². The van der Waals surface area contributed by atoms with Crippen molar-refractivity contribution in [3.05, 3.63) is 35.4 Å². The molecule has 1 aromatic carbocycles. The van der Waals surface area contributed by atoms with Crippen LogP contribution >= 0.6 is 0 Å². The summed E-state index contributed by atoms with van der Waals surface area (Å²) in [7, 11) is 1.84. The SMILES string of the molecule is CC(C)CCC(=O)N(C)Cc1ccc(C#CCO)cc1. The maximum atomic E-state index is 11.9. The lowest BCUT2D eigenvalue weighted by atomic mass is 10.1. The zero-order valence-electron chi connectivity index (χ0n) is 12.5. The van der Waals surface area contributed by atoms with Gasteiger partial charge in [0.1, 0.15) is 6.61 Å². The number of hydrogen-bond acceptors (Lipinski definition) is 2. The molecule has 0 heterocycles. The lowest BCUT2D eigenvalue weighted by molar-refractivity contribution is -0.130. The van der Waals surface area contributed by atoms with E-state index >= 15 is 0 Å². The van der Waals surface area contributed by atoms with Crippen molar-refractivity contribution in [2.24, 2.45) is 5.92 Å². The fourth-order valence-electron chi connectivity index (χ4n) is 1.80. The second-order valence-electron chi connectivity index (χ2n) is 5.34. The summed E-state index contributed by atoms with van der Waals surface area (Å²) in [5.41, 5.74) is 1.96. The normalized spacial score (nSPS) is 10.1. The van der Waals surface area contributed by atoms with Crippen molar-refractivity contribution in [1.29, 1.82) is 0 Å². The highest BCUT2D eigenvalue weighted by atomic mass is 16.2. The molecule has 0 atom stereocenters. The first-order valence-electron chi connectivity index (χ1n) is 6.95. The number of amides is 1. The number of rotatable bonds is 5. The van der Waals surface area contributed by atoms with Gasteiger partial charge in [-0.3, -0.25) is 4.79 Å². The van der Waals surface area contributed by atoms with Crippen LogP contribution in [0.15, 0.2) is 24.3 Å². The third kappa shape index (κ3) is 5.90. The molecule has 0 aliphatic carbocycles. The third-order valence-electron chi connectivity index (χ3n) is 3.05. The predicted octanol–water partition coefficient (Wildman–Crippen LogP) is 2.43. The fraction of sp³-hybridized carbons (Fsp3) is 0.471. The molecular formula is C17H23NO2. The molecular weight excluding hydrogens is 250 g/mol. The van der Waals surface area contributed by atoms with Crippen molar-refractivity contribution in [2.45, 2.75) is 33.2 Å². The molecule has 0 aromatic heterocycles. The van der Waals surface area contributed by atoms with Crippen LogP contribution in [0, 0.1) is 17.8 Å². The van der Waals surface area contributed by atoms with E-state index in [-0.39, 0.29) is 12.5 Å². The third-order valence-corrected chi connectivity index (χ3v) is 3.05. The molecule has 1 aromatic rings. The Hall–Kier alpha value is -1.79. The molecule has 3 nitrogen and oxygen atoms in total. The van der Waals surface area contributed by atoms with E-state index in [2.05, 4.69) is 25.7 Å². The summed E-state index contributed by atoms with van der Waals surface area (Å²) in [5, 5.41) is 8.63. The molecule has 0 aliphatic heterocycles. The summed E-state index contributed by atoms with van der Waals surface area (Å²) in [5.74, 6) is 6.20. The van der Waals surface area contributed by atoms with Crippen LogP contribution in [0.25, 0.3) is 0 Å². The van der Waals surface area contributed by atoms with E-state index in [1.807, 2.05) is 31.3 Å². The summed E-state index contributed by atoms with van der Waals surface area (Å²) in [6.07, 6.45) is 1.53. The summed E-state index contributed by atoms with van der Waals surface area (Å²) in [6.45, 7) is 4.73. The standard InChI is InChI=1S/C17H23NO2/c1-14(2)6-11-17(20)18(3)13-16-9-7-15(8-10-16)5-4-12-19/h7-10,14,19H,6,11-13H2,1-3H3. The molecule has 1 N–H and O–H groups in total. The van der Waals surface area contributed by atoms with Crippen LogP contribution in [0.1, 0.15) is 37.8 Å². The number of carbonyl (C=O) groups is 1. The molecule has 108 valence electrons. The van der Waals surface area contributed by atoms with Crippen molar-refractivity contribution < 1.29 is 9.90 Å². The summed E-state index contributed by atoms with van der Waals surface area (Å²) in [6, 6.07) is 7.75. The Morgan fingerprint density at radius 1 is 1.30 bits per heavy atom. The monoisotopic (exact) mass is 273 g/mol. The summed E-state index contributed by atoms with van der Waals surface area (Å²) < 4.78 is 0. The van der Waals surface area contributed by atoms with E-state index in [4.69, 9.17) is 5.11 Å². The number of benzene rings is 1. The highest BCUT2D eigenvalue weighted by Crippen LogP contribution is 2.09. The first kappa shape index (κ1) is 16.3. The van der Waals surface area contributed by atoms with Gasteiger partial charge in [0.05, 0.1) is 0 Å². The van der Waals surface area contributed by atoms with E-state index in [9.17, 15) is 4.79 Å². The van der Waals surface area contributed by atoms with Crippen molar-refractivity contribution in [2.75, 3.05) is 13.7 Å². The van der Waals surface area contributed by atoms with Gasteiger partial charge in [-0.25, -0.2) is 0 Å². The molecule has 3 heteroatoms. The number of hydrogen-bond donors (Lipinski definition) is 1. The van der Waals surface area contributed by atoms with Gasteiger partial charge in [-0.1, -0.05) is 37.8 Å². The molecule has 0 fully saturated rings. The van der Waals surface area contributed by atoms with Gasteiger partial charge >= 0.3 is 0 Å². The van der Waals surface area contributed by atoms with Gasteiger partial charge in [0.15, 0.2) is 0 Å². The average molecular weight is 273 g/mol. The van der Waals surface area contributed by atoms with Gasteiger partial charge in [0.2, 0.25) is 5.91 Å². The molecule has 0 radical (unpaired) electrons. The Labute approximate surface area is 121 Å². The minimum atomic E-state index is -0.130. The van der Waals surface area contributed by atoms with Gasteiger partial charge in [-0.05, 0) is 30.0 Å². The number of carbonyl (C=O) groups excluding carboxylic acids is 1. The smallest absolute Gasteiger partial charge is 0.222 e. The van der Waals surface area contributed by atoms with Gasteiger partial charge in [-0.2, -0.15) is 0 Å². The number of aliphatic hydroxyl groups is 1. The maximum Gasteiger partial charge on any atom is 0.222 e. The Bertz CT molecular complexity index is 480. The molecule has 1 amide bonds. The first-order chi connectivity index (χ1) is 9.52. The van der Waals surface area contributed by atoms with E-state index in [0.29, 0.717) is 18.9 Å². The van der Waals surface area contributed by atoms with E-state index in [1.54, 1.807) is 4.90 Å². The van der Waals surface area contributed by atoms with E-state index < -0.39 is 0 Å². The molecule has 0 unspecified atom stereocenters. The highest BCUT2D eigenvalue weighted by molar-refractivity contribution is 5.75. The Morgan fingerprint density at radius 2 is 1.95 bits per heavy atom. The Balaban J connectivity index is 2.53. The van der Waals surface area contributed by atoms with E-state index in [0.717, 1.165) is 17.5 Å². The van der Waals surface area contributed by atoms with Crippen LogP contribution in [-0.2, 0) is 11.3 Å². The van der Waals surface area contributed by atoms with Crippen LogP contribution in [0.5, 0.6) is 0 Å². The Kier molecular flexibility index (Phi) is 6.83. The summed E-state index contributed by atoms with van der Waals surface area (Å²) >= 11 is 0. The zero-order chi connectivity index (χ0) is 15.0. The molecule has 0 saturated heterocycles. The highest BCUT2D eigenvalue weighted by Gasteiger charge is 2.09. The number of aliphatic hydroxyl groups excluding tert-OH is 1. The average Bonchev–Trinajstić information content (AvgIpc) is 2.43. The Morgan fingerprint density at radius 3 is 2.50 bits per heavy atom. The van der Waals surface area contributed by atoms with Crippen molar-refractivity contribution in [1.82, 2.24) is 4.90 Å². The van der Waals surface area contributed by atoms with Crippen molar-refractivity contribution in [3.63, 3.8) is 0 Å². The molecule has 0 saturated carbocycles. The largest absolute Gasteiger partial charge is 0.384 e. The molecule has 1 rings (SSSR count). The summed E-state index contributed by atoms with van der Waals surface area (Å²) in [4.78, 5) is 13.7. The number of nitrogens with zero attached hydrogens (tertiary/aromatic N) is 1. The predicted molar refractivity (Wildman–Crippen MR) is 81.0 cm³/mol. The fourth-order valence-corrected chi connectivity index (χ4v) is 1.80. The second-order valence-corrected chi connectivity index (χ2v) is 5.34. The minimum Gasteiger partial charge on any atom is -0.384 e. The second kappa shape index (κ2) is 8.39. The van der Waals surface area contributed by atoms with Crippen LogP contribution < -0.4 is 0 Å². The van der Waals surface area contributed by atoms with Crippen LogP contribution in [-0.4, -0.2) is 29.6 Å². The van der Waals surface area contributed by atoms with Gasteiger partial charge in [0.25, 0.3) is 0 Å². The van der Waals surface area contributed by atoms with Crippen LogP contribution in [0.3, 0.4) is 0 Å². The molecule has 20 heavy (non-hydrogen) atoms. The first-order valence-corrected chi connectivity index (χ1v) is 6.95. The zero-order valence-corrected chi connectivity index (χ0v) is 12.5. The topological polar surface area (TPSA) is 40.5 Å². The maximum absolute atomic E-state index is 11.9. The molecule has 0 aliphatic rings. The van der Waals surface area contributed by atoms with Gasteiger partial charge in [0, 0.05) is 25.6 Å². The van der Waals surface area contributed by atoms with Crippen molar-refractivity contribution >= 4 is 5.91 Å². The quantitative estimate of drug-likeness (QED) is 0.837. The molecule has 0 spiro atoms. The van der Waals surface area contributed by atoms with Gasteiger partial charge in [-0.15, -0.1) is 0 Å². The van der Waals surface area contributed by atoms with Crippen molar-refractivity contribution in [3.8, 4) is 11.8 Å². The van der Waals surface area contributed by atoms with Crippen LogP contribution in [0.4, 0.5) is 0 Å². The lowest BCUT2D eigenvalue weighted by Gasteiger charge is -2.18.